The van der Waals surface area contributed by atoms with Gasteiger partial charge in [0.1, 0.15) is 6.54 Å². The molecule has 1 heterocycles. The molecule has 6 rings (SSSR count). The standard InChI is InChI=1S/C23H34N4O2/c1-26(22-17-8-15-7-16(10-17)11-18(22)9-15)23(29)19-12-24-27(13-19)14-21(28)25-20-5-3-2-4-6-20/h12-13,15-18,20,22H,2-11,14H2,1H3,(H,25,28). The van der Waals surface area contributed by atoms with Crippen LogP contribution < -0.4 is 5.32 Å². The summed E-state index contributed by atoms with van der Waals surface area (Å²) < 4.78 is 1.61. The van der Waals surface area contributed by atoms with Crippen LogP contribution in [0, 0.1) is 23.7 Å². The molecular formula is C23H34N4O2. The maximum absolute atomic E-state index is 13.2. The van der Waals surface area contributed by atoms with Crippen molar-refractivity contribution in [2.45, 2.75) is 82.8 Å². The van der Waals surface area contributed by atoms with Crippen molar-refractivity contribution in [1.82, 2.24) is 20.0 Å². The van der Waals surface area contributed by atoms with Crippen LogP contribution in [-0.2, 0) is 11.3 Å². The zero-order valence-corrected chi connectivity index (χ0v) is 17.6. The van der Waals surface area contributed by atoms with Gasteiger partial charge >= 0.3 is 0 Å². The Balaban J connectivity index is 1.20. The van der Waals surface area contributed by atoms with E-state index in [2.05, 4.69) is 10.4 Å². The molecule has 2 amide bonds. The average molecular weight is 399 g/mol. The summed E-state index contributed by atoms with van der Waals surface area (Å²) in [7, 11) is 1.97. The molecule has 5 fully saturated rings. The van der Waals surface area contributed by atoms with Crippen LogP contribution in [0.25, 0.3) is 0 Å². The minimum atomic E-state index is -0.00612. The normalized spacial score (nSPS) is 33.6. The summed E-state index contributed by atoms with van der Waals surface area (Å²) in [6.07, 6.45) is 15.8. The van der Waals surface area contributed by atoms with Crippen LogP contribution in [0.3, 0.4) is 0 Å². The minimum Gasteiger partial charge on any atom is -0.352 e. The summed E-state index contributed by atoms with van der Waals surface area (Å²) in [5.74, 6) is 3.22. The van der Waals surface area contributed by atoms with Crippen LogP contribution in [0.5, 0.6) is 0 Å². The van der Waals surface area contributed by atoms with Crippen molar-refractivity contribution < 1.29 is 9.59 Å². The lowest BCUT2D eigenvalue weighted by molar-refractivity contribution is -0.122. The van der Waals surface area contributed by atoms with Gasteiger partial charge in [0.05, 0.1) is 11.8 Å². The predicted molar refractivity (Wildman–Crippen MR) is 110 cm³/mol. The monoisotopic (exact) mass is 398 g/mol. The van der Waals surface area contributed by atoms with E-state index < -0.39 is 0 Å². The lowest BCUT2D eigenvalue weighted by atomic mass is 9.54. The Morgan fingerprint density at radius 2 is 1.72 bits per heavy atom. The Bertz CT molecular complexity index is 739. The molecule has 0 atom stereocenters. The Kier molecular flexibility index (Phi) is 5.12. The Hall–Kier alpha value is -1.85. The smallest absolute Gasteiger partial charge is 0.257 e. The number of amides is 2. The van der Waals surface area contributed by atoms with E-state index in [4.69, 9.17) is 0 Å². The molecule has 5 saturated carbocycles. The van der Waals surface area contributed by atoms with Gasteiger partial charge in [-0.15, -0.1) is 0 Å². The van der Waals surface area contributed by atoms with Crippen molar-refractivity contribution in [1.29, 1.82) is 0 Å². The summed E-state index contributed by atoms with van der Waals surface area (Å²) in [4.78, 5) is 27.5. The highest BCUT2D eigenvalue weighted by Gasteiger charge is 2.50. The van der Waals surface area contributed by atoms with Gasteiger partial charge in [0.15, 0.2) is 0 Å². The number of aromatic nitrogens is 2. The van der Waals surface area contributed by atoms with E-state index in [1.807, 2.05) is 11.9 Å². The Morgan fingerprint density at radius 1 is 1.07 bits per heavy atom. The second-order valence-corrected chi connectivity index (χ2v) is 10.2. The van der Waals surface area contributed by atoms with Gasteiger partial charge in [0, 0.05) is 25.3 Å². The number of carbonyl (C=O) groups is 2. The van der Waals surface area contributed by atoms with Crippen molar-refractivity contribution in [2.75, 3.05) is 7.05 Å². The molecule has 0 saturated heterocycles. The first-order valence-corrected chi connectivity index (χ1v) is 11.7. The molecule has 158 valence electrons. The Labute approximate surface area is 173 Å². The van der Waals surface area contributed by atoms with E-state index in [-0.39, 0.29) is 18.4 Å². The van der Waals surface area contributed by atoms with Gasteiger partial charge in [-0.05, 0) is 68.6 Å². The predicted octanol–water partition coefficient (Wildman–Crippen LogP) is 3.23. The molecule has 0 radical (unpaired) electrons. The fraction of sp³-hybridized carbons (Fsp3) is 0.783. The number of carbonyl (C=O) groups excluding carboxylic acids is 2. The lowest BCUT2D eigenvalue weighted by Crippen LogP contribution is -2.56. The number of hydrogen-bond acceptors (Lipinski definition) is 3. The largest absolute Gasteiger partial charge is 0.352 e. The molecular weight excluding hydrogens is 364 g/mol. The van der Waals surface area contributed by atoms with Gasteiger partial charge in [-0.2, -0.15) is 5.10 Å². The summed E-state index contributed by atoms with van der Waals surface area (Å²) in [5.41, 5.74) is 0.603. The summed E-state index contributed by atoms with van der Waals surface area (Å²) in [5, 5.41) is 7.42. The van der Waals surface area contributed by atoms with Crippen LogP contribution in [0.4, 0.5) is 0 Å². The molecule has 0 aromatic carbocycles. The topological polar surface area (TPSA) is 67.2 Å². The maximum Gasteiger partial charge on any atom is 0.257 e. The van der Waals surface area contributed by atoms with E-state index in [1.165, 1.54) is 51.4 Å². The number of rotatable bonds is 5. The number of hydrogen-bond donors (Lipinski definition) is 1. The van der Waals surface area contributed by atoms with Crippen LogP contribution in [0.15, 0.2) is 12.4 Å². The van der Waals surface area contributed by atoms with Gasteiger partial charge in [0.25, 0.3) is 5.91 Å². The number of nitrogens with zero attached hydrogens (tertiary/aromatic N) is 3. The molecule has 29 heavy (non-hydrogen) atoms. The van der Waals surface area contributed by atoms with E-state index >= 15 is 0 Å². The molecule has 1 aromatic heterocycles. The van der Waals surface area contributed by atoms with Gasteiger partial charge < -0.3 is 10.2 Å². The second-order valence-electron chi connectivity index (χ2n) is 10.2. The molecule has 0 unspecified atom stereocenters. The molecule has 1 aromatic rings. The zero-order chi connectivity index (χ0) is 20.0. The van der Waals surface area contributed by atoms with E-state index in [1.54, 1.807) is 17.1 Å². The number of nitrogens with one attached hydrogen (secondary N) is 1. The van der Waals surface area contributed by atoms with Gasteiger partial charge in [-0.1, -0.05) is 19.3 Å². The summed E-state index contributed by atoms with van der Waals surface area (Å²) in [6, 6.07) is 0.684. The van der Waals surface area contributed by atoms with Crippen LogP contribution in [-0.4, -0.2) is 45.6 Å². The third-order valence-electron chi connectivity index (χ3n) is 8.10. The summed E-state index contributed by atoms with van der Waals surface area (Å²) in [6.45, 7) is 0.186. The second kappa shape index (κ2) is 7.77. The molecule has 0 spiro atoms. The SMILES string of the molecule is CN(C(=O)c1cnn(CC(=O)NC2CCCCC2)c1)C1C2CC3CC(C2)CC1C3. The van der Waals surface area contributed by atoms with Crippen LogP contribution in [0.1, 0.15) is 74.6 Å². The molecule has 1 N–H and O–H groups in total. The van der Waals surface area contributed by atoms with Crippen molar-refractivity contribution >= 4 is 11.8 Å². The van der Waals surface area contributed by atoms with Crippen LogP contribution in [0.2, 0.25) is 0 Å². The van der Waals surface area contributed by atoms with Gasteiger partial charge in [0.2, 0.25) is 5.91 Å². The third kappa shape index (κ3) is 3.82. The van der Waals surface area contributed by atoms with E-state index in [0.717, 1.165) is 24.7 Å². The van der Waals surface area contributed by atoms with Crippen LogP contribution >= 0.6 is 0 Å². The lowest BCUT2D eigenvalue weighted by Gasteiger charge is -2.56. The van der Waals surface area contributed by atoms with Crippen molar-refractivity contribution in [2.24, 2.45) is 23.7 Å². The molecule has 5 aliphatic rings. The fourth-order valence-corrected chi connectivity index (χ4v) is 7.10. The zero-order valence-electron chi connectivity index (χ0n) is 17.6. The first-order valence-electron chi connectivity index (χ1n) is 11.7. The highest BCUT2D eigenvalue weighted by Crippen LogP contribution is 2.55. The van der Waals surface area contributed by atoms with Crippen molar-refractivity contribution in [3.8, 4) is 0 Å². The highest BCUT2D eigenvalue weighted by atomic mass is 16.2. The molecule has 5 aliphatic carbocycles. The minimum absolute atomic E-state index is 0.00612. The quantitative estimate of drug-likeness (QED) is 0.828. The van der Waals surface area contributed by atoms with Gasteiger partial charge in [-0.25, -0.2) is 0 Å². The first-order chi connectivity index (χ1) is 14.1. The molecule has 6 heteroatoms. The average Bonchev–Trinajstić information content (AvgIpc) is 3.15. The third-order valence-corrected chi connectivity index (χ3v) is 8.10. The van der Waals surface area contributed by atoms with Crippen molar-refractivity contribution in [3.63, 3.8) is 0 Å². The molecule has 6 nitrogen and oxygen atoms in total. The Morgan fingerprint density at radius 3 is 2.38 bits per heavy atom. The van der Waals surface area contributed by atoms with Gasteiger partial charge in [-0.3, -0.25) is 14.3 Å². The van der Waals surface area contributed by atoms with E-state index in [0.29, 0.717) is 29.5 Å². The molecule has 4 bridgehead atoms. The fourth-order valence-electron chi connectivity index (χ4n) is 7.10. The maximum atomic E-state index is 13.2. The summed E-state index contributed by atoms with van der Waals surface area (Å²) >= 11 is 0. The van der Waals surface area contributed by atoms with Crippen molar-refractivity contribution in [3.05, 3.63) is 18.0 Å². The highest BCUT2D eigenvalue weighted by molar-refractivity contribution is 5.94. The molecule has 0 aliphatic heterocycles. The first kappa shape index (κ1) is 19.1. The van der Waals surface area contributed by atoms with E-state index in [9.17, 15) is 9.59 Å².